The molecule has 100 valence electrons. The van der Waals surface area contributed by atoms with Crippen LogP contribution in [0.1, 0.15) is 39.5 Å². The van der Waals surface area contributed by atoms with Crippen molar-refractivity contribution in [3.05, 3.63) is 0 Å². The normalized spacial score (nSPS) is 11.0. The zero-order valence-electron chi connectivity index (χ0n) is 10.5. The minimum absolute atomic E-state index is 0.0960. The van der Waals surface area contributed by atoms with Gasteiger partial charge in [-0.2, -0.15) is 0 Å². The smallest absolute Gasteiger partial charge is 0.314 e. The Morgan fingerprint density at radius 3 is 2.12 bits per heavy atom. The van der Waals surface area contributed by atoms with Gasteiger partial charge in [0.25, 0.3) is 0 Å². The molecular weight excluding hydrogens is 224 g/mol. The van der Waals surface area contributed by atoms with Crippen LogP contribution in [0.3, 0.4) is 0 Å². The summed E-state index contributed by atoms with van der Waals surface area (Å²) in [4.78, 5) is 21.4. The molecule has 4 N–H and O–H groups in total. The maximum Gasteiger partial charge on any atom is 0.314 e. The third-order valence-corrected chi connectivity index (χ3v) is 2.82. The van der Waals surface area contributed by atoms with Crippen molar-refractivity contribution in [2.24, 2.45) is 0 Å². The van der Waals surface area contributed by atoms with Crippen LogP contribution in [0.25, 0.3) is 0 Å². The fraction of sp³-hybridized carbons (Fsp3) is 0.818. The average molecular weight is 246 g/mol. The molecule has 0 aromatic rings. The predicted octanol–water partition coefficient (Wildman–Crippen LogP) is 0.701. The van der Waals surface area contributed by atoms with Crippen LogP contribution in [0.15, 0.2) is 0 Å². The number of hydrogen-bond acceptors (Lipinski definition) is 3. The molecule has 0 rings (SSSR count). The molecule has 0 bridgehead atoms. The topological polar surface area (TPSA) is 98.7 Å². The molecule has 0 spiro atoms. The SMILES string of the molecule is CCC(O)(CC)CCNC(=O)NCCC(=O)O. The molecule has 0 aromatic heterocycles. The van der Waals surface area contributed by atoms with Gasteiger partial charge in [-0.25, -0.2) is 4.79 Å². The molecular formula is C11H22N2O4. The van der Waals surface area contributed by atoms with Crippen molar-refractivity contribution in [1.82, 2.24) is 10.6 Å². The van der Waals surface area contributed by atoms with Crippen LogP contribution in [-0.4, -0.2) is 40.9 Å². The number of carbonyl (C=O) groups excluding carboxylic acids is 1. The van der Waals surface area contributed by atoms with E-state index in [0.717, 1.165) is 0 Å². The van der Waals surface area contributed by atoms with E-state index in [2.05, 4.69) is 10.6 Å². The largest absolute Gasteiger partial charge is 0.481 e. The van der Waals surface area contributed by atoms with Gasteiger partial charge in [-0.15, -0.1) is 0 Å². The van der Waals surface area contributed by atoms with Crippen LogP contribution in [0.5, 0.6) is 0 Å². The Labute approximate surface area is 101 Å². The summed E-state index contributed by atoms with van der Waals surface area (Å²) in [6.45, 7) is 4.27. The van der Waals surface area contributed by atoms with Crippen molar-refractivity contribution in [3.63, 3.8) is 0 Å². The summed E-state index contributed by atoms with van der Waals surface area (Å²) < 4.78 is 0. The molecule has 0 fully saturated rings. The Bertz CT molecular complexity index is 252. The van der Waals surface area contributed by atoms with Gasteiger partial charge in [0.1, 0.15) is 0 Å². The lowest BCUT2D eigenvalue weighted by atomic mass is 9.94. The van der Waals surface area contributed by atoms with Crippen molar-refractivity contribution < 1.29 is 19.8 Å². The Balaban J connectivity index is 3.67. The van der Waals surface area contributed by atoms with Gasteiger partial charge in [-0.3, -0.25) is 4.79 Å². The summed E-state index contributed by atoms with van der Waals surface area (Å²) in [7, 11) is 0. The summed E-state index contributed by atoms with van der Waals surface area (Å²) in [6, 6.07) is -0.402. The van der Waals surface area contributed by atoms with E-state index < -0.39 is 17.6 Å². The summed E-state index contributed by atoms with van der Waals surface area (Å²) in [5, 5.41) is 23.3. The van der Waals surface area contributed by atoms with Gasteiger partial charge in [0, 0.05) is 13.1 Å². The first kappa shape index (κ1) is 15.7. The van der Waals surface area contributed by atoms with E-state index in [1.54, 1.807) is 0 Å². The second-order valence-electron chi connectivity index (χ2n) is 4.01. The van der Waals surface area contributed by atoms with Crippen LogP contribution >= 0.6 is 0 Å². The van der Waals surface area contributed by atoms with Crippen molar-refractivity contribution in [3.8, 4) is 0 Å². The predicted molar refractivity (Wildman–Crippen MR) is 63.8 cm³/mol. The van der Waals surface area contributed by atoms with Gasteiger partial charge in [-0.05, 0) is 19.3 Å². The third-order valence-electron chi connectivity index (χ3n) is 2.82. The maximum atomic E-state index is 11.2. The number of aliphatic hydroxyl groups is 1. The van der Waals surface area contributed by atoms with Crippen LogP contribution in [0.4, 0.5) is 4.79 Å². The van der Waals surface area contributed by atoms with E-state index in [-0.39, 0.29) is 13.0 Å². The monoisotopic (exact) mass is 246 g/mol. The van der Waals surface area contributed by atoms with E-state index >= 15 is 0 Å². The number of rotatable bonds is 8. The first-order valence-corrected chi connectivity index (χ1v) is 5.89. The molecule has 0 heterocycles. The lowest BCUT2D eigenvalue weighted by molar-refractivity contribution is -0.136. The highest BCUT2D eigenvalue weighted by Crippen LogP contribution is 2.17. The number of nitrogens with one attached hydrogen (secondary N) is 2. The number of carboxylic acid groups (broad SMARTS) is 1. The number of amides is 2. The third kappa shape index (κ3) is 7.57. The van der Waals surface area contributed by atoms with Crippen LogP contribution < -0.4 is 10.6 Å². The van der Waals surface area contributed by atoms with Gasteiger partial charge >= 0.3 is 12.0 Å². The minimum Gasteiger partial charge on any atom is -0.481 e. The summed E-state index contributed by atoms with van der Waals surface area (Å²) in [6.07, 6.45) is 1.69. The van der Waals surface area contributed by atoms with E-state index in [1.165, 1.54) is 0 Å². The van der Waals surface area contributed by atoms with Crippen LogP contribution in [0.2, 0.25) is 0 Å². The van der Waals surface area contributed by atoms with Gasteiger partial charge in [0.15, 0.2) is 0 Å². The molecule has 6 heteroatoms. The molecule has 0 aromatic carbocycles. The van der Waals surface area contributed by atoms with Gasteiger partial charge in [-0.1, -0.05) is 13.8 Å². The highest BCUT2D eigenvalue weighted by atomic mass is 16.4. The van der Waals surface area contributed by atoms with Crippen molar-refractivity contribution in [2.45, 2.75) is 45.1 Å². The van der Waals surface area contributed by atoms with E-state index in [1.807, 2.05) is 13.8 Å². The average Bonchev–Trinajstić information content (AvgIpc) is 2.28. The Morgan fingerprint density at radius 1 is 1.12 bits per heavy atom. The molecule has 0 aliphatic rings. The number of carboxylic acids is 1. The van der Waals surface area contributed by atoms with Crippen molar-refractivity contribution in [1.29, 1.82) is 0 Å². The number of aliphatic carboxylic acids is 1. The quantitative estimate of drug-likeness (QED) is 0.506. The molecule has 2 amide bonds. The van der Waals surface area contributed by atoms with Crippen LogP contribution in [0, 0.1) is 0 Å². The van der Waals surface area contributed by atoms with Crippen molar-refractivity contribution in [2.75, 3.05) is 13.1 Å². The fourth-order valence-corrected chi connectivity index (χ4v) is 1.36. The highest BCUT2D eigenvalue weighted by Gasteiger charge is 2.21. The second-order valence-corrected chi connectivity index (χ2v) is 4.01. The van der Waals surface area contributed by atoms with Gasteiger partial charge < -0.3 is 20.8 Å². The molecule has 6 nitrogen and oxygen atoms in total. The van der Waals surface area contributed by atoms with E-state index in [0.29, 0.717) is 25.8 Å². The molecule has 0 unspecified atom stereocenters. The first-order chi connectivity index (χ1) is 7.93. The fourth-order valence-electron chi connectivity index (χ4n) is 1.36. The van der Waals surface area contributed by atoms with Gasteiger partial charge in [0.2, 0.25) is 0 Å². The summed E-state index contributed by atoms with van der Waals surface area (Å²) in [5.74, 6) is -0.948. The van der Waals surface area contributed by atoms with E-state index in [4.69, 9.17) is 5.11 Å². The molecule has 0 radical (unpaired) electrons. The maximum absolute atomic E-state index is 11.2. The lowest BCUT2D eigenvalue weighted by Gasteiger charge is -2.25. The zero-order valence-corrected chi connectivity index (χ0v) is 10.5. The van der Waals surface area contributed by atoms with Crippen LogP contribution in [-0.2, 0) is 4.79 Å². The molecule has 0 atom stereocenters. The Kier molecular flexibility index (Phi) is 7.29. The Hall–Kier alpha value is -1.30. The molecule has 0 aliphatic heterocycles. The standard InChI is InChI=1S/C11H22N2O4/c1-3-11(17,4-2)6-8-13-10(16)12-7-5-9(14)15/h17H,3-8H2,1-2H3,(H,14,15)(H2,12,13,16). The number of urea groups is 1. The highest BCUT2D eigenvalue weighted by molar-refractivity contribution is 5.74. The summed E-state index contributed by atoms with van der Waals surface area (Å²) in [5.41, 5.74) is -0.728. The molecule has 17 heavy (non-hydrogen) atoms. The molecule has 0 saturated heterocycles. The van der Waals surface area contributed by atoms with Crippen molar-refractivity contribution >= 4 is 12.0 Å². The molecule has 0 aliphatic carbocycles. The number of hydrogen-bond donors (Lipinski definition) is 4. The Morgan fingerprint density at radius 2 is 1.65 bits per heavy atom. The minimum atomic E-state index is -0.948. The van der Waals surface area contributed by atoms with E-state index in [9.17, 15) is 14.7 Å². The zero-order chi connectivity index (χ0) is 13.3. The summed E-state index contributed by atoms with van der Waals surface area (Å²) >= 11 is 0. The first-order valence-electron chi connectivity index (χ1n) is 5.89. The number of carbonyl (C=O) groups is 2. The molecule has 0 saturated carbocycles. The van der Waals surface area contributed by atoms with Gasteiger partial charge in [0.05, 0.1) is 12.0 Å². The lowest BCUT2D eigenvalue weighted by Crippen LogP contribution is -2.40. The second kappa shape index (κ2) is 7.89.